The van der Waals surface area contributed by atoms with Gasteiger partial charge in [-0.2, -0.15) is 0 Å². The normalized spacial score (nSPS) is 12.2. The lowest BCUT2D eigenvalue weighted by atomic mass is 10.1. The van der Waals surface area contributed by atoms with E-state index in [9.17, 15) is 0 Å². The zero-order valence-corrected chi connectivity index (χ0v) is 15.8. The van der Waals surface area contributed by atoms with Gasteiger partial charge in [-0.15, -0.1) is 22.0 Å². The molecule has 136 valence electrons. The van der Waals surface area contributed by atoms with E-state index in [1.165, 1.54) is 0 Å². The maximum atomic E-state index is 5.81. The maximum Gasteiger partial charge on any atom is 0.249 e. The second-order valence-corrected chi connectivity index (χ2v) is 6.79. The van der Waals surface area contributed by atoms with Crippen LogP contribution in [-0.2, 0) is 0 Å². The van der Waals surface area contributed by atoms with Gasteiger partial charge in [0.1, 0.15) is 5.82 Å². The molecule has 0 saturated heterocycles. The van der Waals surface area contributed by atoms with Crippen LogP contribution in [0.3, 0.4) is 0 Å². The Balaban J connectivity index is 1.90. The molecule has 0 saturated carbocycles. The van der Waals surface area contributed by atoms with Crippen molar-refractivity contribution in [3.8, 4) is 11.5 Å². The second-order valence-electron chi connectivity index (χ2n) is 5.91. The molecule has 0 amide bonds. The number of anilines is 2. The molecule has 0 spiro atoms. The quantitative estimate of drug-likeness (QED) is 0.627. The highest BCUT2D eigenvalue weighted by Gasteiger charge is 2.17. The van der Waals surface area contributed by atoms with E-state index in [0.29, 0.717) is 30.8 Å². The molecule has 3 heterocycles. The van der Waals surface area contributed by atoms with Crippen molar-refractivity contribution in [1.29, 1.82) is 0 Å². The molecule has 1 atom stereocenters. The van der Waals surface area contributed by atoms with Gasteiger partial charge in [0, 0.05) is 37.0 Å². The van der Waals surface area contributed by atoms with Crippen LogP contribution in [0.2, 0.25) is 0 Å². The highest BCUT2D eigenvalue weighted by atomic mass is 32.2. The Bertz CT molecular complexity index is 835. The molecular weight excluding hydrogens is 350 g/mol. The van der Waals surface area contributed by atoms with Crippen LogP contribution in [0.1, 0.15) is 12.8 Å². The molecule has 0 fully saturated rings. The monoisotopic (exact) mass is 371 g/mol. The van der Waals surface area contributed by atoms with Crippen molar-refractivity contribution in [2.45, 2.75) is 18.7 Å². The van der Waals surface area contributed by atoms with Gasteiger partial charge in [-0.1, -0.05) is 6.92 Å². The summed E-state index contributed by atoms with van der Waals surface area (Å²) in [6.45, 7) is 5.07. The lowest BCUT2D eigenvalue weighted by Gasteiger charge is -2.24. The van der Waals surface area contributed by atoms with Crippen LogP contribution in [0.15, 0.2) is 40.0 Å². The van der Waals surface area contributed by atoms with Crippen molar-refractivity contribution < 1.29 is 4.42 Å². The molecule has 3 aromatic heterocycles. The molecule has 2 N–H and O–H groups in total. The average Bonchev–Trinajstić information content (AvgIpc) is 3.12. The van der Waals surface area contributed by atoms with Crippen LogP contribution in [-0.4, -0.2) is 44.5 Å². The maximum absolute atomic E-state index is 5.81. The van der Waals surface area contributed by atoms with Crippen molar-refractivity contribution in [2.24, 2.45) is 11.7 Å². The van der Waals surface area contributed by atoms with E-state index in [1.54, 1.807) is 24.9 Å². The highest BCUT2D eigenvalue weighted by molar-refractivity contribution is 7.98. The minimum absolute atomic E-state index is 0.263. The molecule has 0 aliphatic carbocycles. The number of aryl methyl sites for hydroxylation is 1. The first kappa shape index (κ1) is 18.3. The van der Waals surface area contributed by atoms with Gasteiger partial charge < -0.3 is 10.2 Å². The number of hydrogen-bond donors (Lipinski definition) is 1. The van der Waals surface area contributed by atoms with Crippen molar-refractivity contribution >= 4 is 23.5 Å². The van der Waals surface area contributed by atoms with Crippen molar-refractivity contribution in [1.82, 2.24) is 25.1 Å². The first-order chi connectivity index (χ1) is 12.6. The number of rotatable bonds is 7. The minimum Gasteiger partial charge on any atom is -0.421 e. The smallest absolute Gasteiger partial charge is 0.249 e. The number of nitrogens with zero attached hydrogens (tertiary/aromatic N) is 6. The minimum atomic E-state index is 0.263. The van der Waals surface area contributed by atoms with E-state index in [0.717, 1.165) is 16.3 Å². The molecule has 3 aromatic rings. The predicted octanol–water partition coefficient (Wildman–Crippen LogP) is 2.68. The molecule has 0 aliphatic heterocycles. The first-order valence-corrected chi connectivity index (χ1v) is 9.43. The SMILES string of the molecule is CSc1cnc(N(CC(C)CN)c2ccc(-c3nnc(C)o3)cn2)nc1. The Hall–Kier alpha value is -2.52. The number of hydrogen-bond acceptors (Lipinski definition) is 9. The summed E-state index contributed by atoms with van der Waals surface area (Å²) in [5, 5.41) is 7.86. The van der Waals surface area contributed by atoms with Gasteiger partial charge in [0.05, 0.1) is 5.56 Å². The van der Waals surface area contributed by atoms with Gasteiger partial charge in [-0.05, 0) is 30.9 Å². The topological polar surface area (TPSA) is 107 Å². The molecule has 0 bridgehead atoms. The van der Waals surface area contributed by atoms with Gasteiger partial charge in [0.2, 0.25) is 17.7 Å². The van der Waals surface area contributed by atoms with Gasteiger partial charge in [0.25, 0.3) is 0 Å². The fraction of sp³-hybridized carbons (Fsp3) is 0.353. The molecule has 1 unspecified atom stereocenters. The Kier molecular flexibility index (Phi) is 5.79. The summed E-state index contributed by atoms with van der Waals surface area (Å²) >= 11 is 1.60. The summed E-state index contributed by atoms with van der Waals surface area (Å²) in [6, 6.07) is 3.79. The summed E-state index contributed by atoms with van der Waals surface area (Å²) in [7, 11) is 0. The van der Waals surface area contributed by atoms with Gasteiger partial charge in [-0.3, -0.25) is 4.90 Å². The fourth-order valence-electron chi connectivity index (χ4n) is 2.30. The number of pyridine rings is 1. The van der Waals surface area contributed by atoms with Crippen molar-refractivity contribution in [3.05, 3.63) is 36.6 Å². The van der Waals surface area contributed by atoms with E-state index in [1.807, 2.05) is 35.7 Å². The van der Waals surface area contributed by atoms with Gasteiger partial charge >= 0.3 is 0 Å². The van der Waals surface area contributed by atoms with E-state index >= 15 is 0 Å². The van der Waals surface area contributed by atoms with Crippen LogP contribution < -0.4 is 10.6 Å². The van der Waals surface area contributed by atoms with E-state index in [4.69, 9.17) is 10.2 Å². The molecule has 0 aromatic carbocycles. The Morgan fingerprint density at radius 3 is 2.46 bits per heavy atom. The van der Waals surface area contributed by atoms with E-state index < -0.39 is 0 Å². The average molecular weight is 371 g/mol. The first-order valence-electron chi connectivity index (χ1n) is 8.21. The predicted molar refractivity (Wildman–Crippen MR) is 101 cm³/mol. The summed E-state index contributed by atoms with van der Waals surface area (Å²) in [6.07, 6.45) is 7.32. The standard InChI is InChI=1S/C17H21N7OS/c1-11(6-18)10-24(17-20-8-14(26-3)9-21-17)15-5-4-13(7-19-15)16-23-22-12(2)25-16/h4-5,7-9,11H,6,10,18H2,1-3H3. The molecule has 0 aliphatic rings. The third-order valence-corrected chi connectivity index (χ3v) is 4.47. The molecule has 3 rings (SSSR count). The summed E-state index contributed by atoms with van der Waals surface area (Å²) in [4.78, 5) is 16.5. The Labute approximate surface area is 156 Å². The Morgan fingerprint density at radius 2 is 1.92 bits per heavy atom. The summed E-state index contributed by atoms with van der Waals surface area (Å²) < 4.78 is 5.44. The van der Waals surface area contributed by atoms with Crippen molar-refractivity contribution in [3.63, 3.8) is 0 Å². The van der Waals surface area contributed by atoms with Crippen LogP contribution in [0.4, 0.5) is 11.8 Å². The largest absolute Gasteiger partial charge is 0.421 e. The third kappa shape index (κ3) is 4.17. The number of nitrogens with two attached hydrogens (primary N) is 1. The van der Waals surface area contributed by atoms with Crippen LogP contribution in [0.25, 0.3) is 11.5 Å². The zero-order valence-electron chi connectivity index (χ0n) is 15.0. The summed E-state index contributed by atoms with van der Waals surface area (Å²) in [5.41, 5.74) is 6.57. The van der Waals surface area contributed by atoms with Crippen LogP contribution in [0, 0.1) is 12.8 Å². The van der Waals surface area contributed by atoms with Crippen LogP contribution in [0.5, 0.6) is 0 Å². The summed E-state index contributed by atoms with van der Waals surface area (Å²) in [5.74, 6) is 2.56. The highest BCUT2D eigenvalue weighted by Crippen LogP contribution is 2.25. The molecular formula is C17H21N7OS. The molecule has 0 radical (unpaired) electrons. The number of thioether (sulfide) groups is 1. The van der Waals surface area contributed by atoms with Gasteiger partial charge in [-0.25, -0.2) is 15.0 Å². The second kappa shape index (κ2) is 8.24. The lowest BCUT2D eigenvalue weighted by molar-refractivity contribution is 0.532. The van der Waals surface area contributed by atoms with E-state index in [-0.39, 0.29) is 5.92 Å². The molecule has 8 nitrogen and oxygen atoms in total. The van der Waals surface area contributed by atoms with Crippen LogP contribution >= 0.6 is 11.8 Å². The Morgan fingerprint density at radius 1 is 1.15 bits per heavy atom. The van der Waals surface area contributed by atoms with Crippen molar-refractivity contribution in [2.75, 3.05) is 24.2 Å². The third-order valence-electron chi connectivity index (χ3n) is 3.79. The number of aromatic nitrogens is 5. The molecule has 26 heavy (non-hydrogen) atoms. The zero-order chi connectivity index (χ0) is 18.5. The fourth-order valence-corrected chi connectivity index (χ4v) is 2.62. The van der Waals surface area contributed by atoms with E-state index in [2.05, 4.69) is 32.1 Å². The molecule has 9 heteroatoms. The lowest BCUT2D eigenvalue weighted by Crippen LogP contribution is -2.29. The van der Waals surface area contributed by atoms with Gasteiger partial charge in [0.15, 0.2) is 0 Å².